The van der Waals surface area contributed by atoms with Gasteiger partial charge in [-0.05, 0) is 23.8 Å². The fraction of sp³-hybridized carbons (Fsp3) is 0.182. The lowest BCUT2D eigenvalue weighted by Gasteiger charge is -2.23. The number of primary amides is 1. The van der Waals surface area contributed by atoms with E-state index < -0.39 is 17.7 Å². The SMILES string of the molecule is NC(=O)C(O)(/C=C/c1ccc(Cl)c(Cl)c1)C(F)(F)F. The standard InChI is InChI=1S/C11H8Cl2F3NO2/c12-7-2-1-6(5-8(7)13)3-4-10(19,9(17)18)11(14,15)16/h1-5,19H,(H2,17,18)/b4-3+. The second-order valence-electron chi connectivity index (χ2n) is 3.64. The normalized spacial score (nSPS) is 15.5. The largest absolute Gasteiger partial charge is 0.430 e. The fourth-order valence-electron chi connectivity index (χ4n) is 1.15. The maximum atomic E-state index is 12.6. The lowest BCUT2D eigenvalue weighted by molar-refractivity contribution is -0.232. The molecule has 0 saturated heterocycles. The van der Waals surface area contributed by atoms with Gasteiger partial charge in [0.15, 0.2) is 0 Å². The molecule has 104 valence electrons. The van der Waals surface area contributed by atoms with Gasteiger partial charge < -0.3 is 10.8 Å². The maximum absolute atomic E-state index is 12.6. The first-order valence-electron chi connectivity index (χ1n) is 4.81. The average Bonchev–Trinajstić information content (AvgIpc) is 2.28. The first kappa shape index (κ1) is 15.8. The Kier molecular flexibility index (Phi) is 4.50. The Morgan fingerprint density at radius 3 is 2.26 bits per heavy atom. The molecule has 1 unspecified atom stereocenters. The van der Waals surface area contributed by atoms with Gasteiger partial charge in [0.05, 0.1) is 10.0 Å². The van der Waals surface area contributed by atoms with Crippen LogP contribution in [0.3, 0.4) is 0 Å². The van der Waals surface area contributed by atoms with E-state index in [9.17, 15) is 23.1 Å². The molecule has 19 heavy (non-hydrogen) atoms. The Morgan fingerprint density at radius 1 is 1.26 bits per heavy atom. The Labute approximate surface area is 116 Å². The van der Waals surface area contributed by atoms with Crippen LogP contribution in [0.15, 0.2) is 24.3 Å². The van der Waals surface area contributed by atoms with Crippen molar-refractivity contribution in [1.82, 2.24) is 0 Å². The van der Waals surface area contributed by atoms with Gasteiger partial charge in [-0.2, -0.15) is 13.2 Å². The van der Waals surface area contributed by atoms with E-state index in [1.165, 1.54) is 18.2 Å². The predicted octanol–water partition coefficient (Wildman–Crippen LogP) is 2.79. The molecule has 0 aliphatic heterocycles. The lowest BCUT2D eigenvalue weighted by Crippen LogP contribution is -2.53. The average molecular weight is 314 g/mol. The molecule has 1 atom stereocenters. The summed E-state index contributed by atoms with van der Waals surface area (Å²) in [5.74, 6) is -1.92. The Hall–Kier alpha value is -1.24. The molecule has 0 bridgehead atoms. The molecule has 0 aromatic heterocycles. The number of aliphatic hydroxyl groups is 1. The number of alkyl halides is 3. The minimum atomic E-state index is -5.22. The van der Waals surface area contributed by atoms with Crippen molar-refractivity contribution < 1.29 is 23.1 Å². The topological polar surface area (TPSA) is 63.3 Å². The second kappa shape index (κ2) is 5.40. The number of amides is 1. The highest BCUT2D eigenvalue weighted by molar-refractivity contribution is 6.42. The summed E-state index contributed by atoms with van der Waals surface area (Å²) in [5.41, 5.74) is 1.05. The summed E-state index contributed by atoms with van der Waals surface area (Å²) in [4.78, 5) is 10.8. The minimum absolute atomic E-state index is 0.124. The molecule has 1 aromatic carbocycles. The first-order chi connectivity index (χ1) is 8.58. The van der Waals surface area contributed by atoms with Gasteiger partial charge in [-0.3, -0.25) is 4.79 Å². The van der Waals surface area contributed by atoms with Gasteiger partial charge >= 0.3 is 6.18 Å². The van der Waals surface area contributed by atoms with Crippen molar-refractivity contribution in [3.05, 3.63) is 39.9 Å². The van der Waals surface area contributed by atoms with Crippen molar-refractivity contribution in [2.24, 2.45) is 5.73 Å². The van der Waals surface area contributed by atoms with Crippen molar-refractivity contribution >= 4 is 35.2 Å². The number of hydrogen-bond donors (Lipinski definition) is 2. The van der Waals surface area contributed by atoms with E-state index in [1.807, 2.05) is 0 Å². The molecule has 0 saturated carbocycles. The molecular weight excluding hydrogens is 306 g/mol. The molecule has 1 rings (SSSR count). The van der Waals surface area contributed by atoms with Gasteiger partial charge in [0.25, 0.3) is 11.5 Å². The summed E-state index contributed by atoms with van der Waals surface area (Å²) < 4.78 is 37.7. The highest BCUT2D eigenvalue weighted by Crippen LogP contribution is 2.32. The summed E-state index contributed by atoms with van der Waals surface area (Å²) in [6, 6.07) is 4.00. The number of carbonyl (C=O) groups is 1. The van der Waals surface area contributed by atoms with Crippen molar-refractivity contribution in [1.29, 1.82) is 0 Å². The molecule has 1 amide bonds. The van der Waals surface area contributed by atoms with Crippen molar-refractivity contribution in [3.8, 4) is 0 Å². The van der Waals surface area contributed by atoms with Crippen LogP contribution < -0.4 is 5.73 Å². The van der Waals surface area contributed by atoms with E-state index in [0.717, 1.165) is 6.08 Å². The van der Waals surface area contributed by atoms with Crippen LogP contribution in [-0.4, -0.2) is 22.8 Å². The smallest absolute Gasteiger partial charge is 0.369 e. The van der Waals surface area contributed by atoms with Crippen molar-refractivity contribution in [2.75, 3.05) is 0 Å². The molecule has 0 radical (unpaired) electrons. The van der Waals surface area contributed by atoms with Crippen LogP contribution >= 0.6 is 23.2 Å². The molecule has 0 fully saturated rings. The van der Waals surface area contributed by atoms with Crippen LogP contribution in [0.2, 0.25) is 10.0 Å². The third-order valence-electron chi connectivity index (χ3n) is 2.27. The third-order valence-corrected chi connectivity index (χ3v) is 3.01. The van der Waals surface area contributed by atoms with E-state index in [2.05, 4.69) is 5.73 Å². The Bertz CT molecular complexity index is 531. The predicted molar refractivity (Wildman–Crippen MR) is 65.7 cm³/mol. The molecular formula is C11H8Cl2F3NO2. The lowest BCUT2D eigenvalue weighted by atomic mass is 10.0. The molecule has 1 aromatic rings. The van der Waals surface area contributed by atoms with Crippen LogP contribution in [-0.2, 0) is 4.79 Å². The summed E-state index contributed by atoms with van der Waals surface area (Å²) >= 11 is 11.3. The maximum Gasteiger partial charge on any atom is 0.430 e. The minimum Gasteiger partial charge on any atom is -0.369 e. The number of nitrogens with two attached hydrogens (primary N) is 1. The zero-order chi connectivity index (χ0) is 14.8. The molecule has 0 aliphatic rings. The van der Waals surface area contributed by atoms with Gasteiger partial charge in [0.2, 0.25) is 0 Å². The van der Waals surface area contributed by atoms with Gasteiger partial charge in [0, 0.05) is 0 Å². The van der Waals surface area contributed by atoms with Gasteiger partial charge in [0.1, 0.15) is 0 Å². The van der Waals surface area contributed by atoms with Crippen LogP contribution in [0.25, 0.3) is 6.08 Å². The number of halogens is 5. The molecule has 0 heterocycles. The monoisotopic (exact) mass is 313 g/mol. The molecule has 8 heteroatoms. The molecule has 3 N–H and O–H groups in total. The van der Waals surface area contributed by atoms with Gasteiger partial charge in [-0.15, -0.1) is 0 Å². The van der Waals surface area contributed by atoms with E-state index in [-0.39, 0.29) is 21.7 Å². The van der Waals surface area contributed by atoms with Crippen LogP contribution in [0.4, 0.5) is 13.2 Å². The number of carbonyl (C=O) groups excluding carboxylic acids is 1. The first-order valence-corrected chi connectivity index (χ1v) is 5.57. The molecule has 0 spiro atoms. The van der Waals surface area contributed by atoms with Crippen molar-refractivity contribution in [2.45, 2.75) is 11.8 Å². The summed E-state index contributed by atoms with van der Waals surface area (Å²) in [7, 11) is 0. The molecule has 3 nitrogen and oxygen atoms in total. The Balaban J connectivity index is 3.13. The van der Waals surface area contributed by atoms with E-state index >= 15 is 0 Å². The summed E-state index contributed by atoms with van der Waals surface area (Å²) in [6.07, 6.45) is -4.08. The van der Waals surface area contributed by atoms with E-state index in [4.69, 9.17) is 23.2 Å². The number of benzene rings is 1. The summed E-state index contributed by atoms with van der Waals surface area (Å²) in [6.45, 7) is 0. The Morgan fingerprint density at radius 2 is 1.84 bits per heavy atom. The van der Waals surface area contributed by atoms with E-state index in [1.54, 1.807) is 0 Å². The zero-order valence-electron chi connectivity index (χ0n) is 9.21. The van der Waals surface area contributed by atoms with Crippen LogP contribution in [0.5, 0.6) is 0 Å². The van der Waals surface area contributed by atoms with Crippen LogP contribution in [0, 0.1) is 0 Å². The highest BCUT2D eigenvalue weighted by atomic mass is 35.5. The highest BCUT2D eigenvalue weighted by Gasteiger charge is 2.56. The van der Waals surface area contributed by atoms with E-state index in [0.29, 0.717) is 0 Å². The quantitative estimate of drug-likeness (QED) is 0.901. The zero-order valence-corrected chi connectivity index (χ0v) is 10.7. The molecule has 0 aliphatic carbocycles. The number of rotatable bonds is 3. The fourth-order valence-corrected chi connectivity index (χ4v) is 1.46. The van der Waals surface area contributed by atoms with Crippen molar-refractivity contribution in [3.63, 3.8) is 0 Å². The third kappa shape index (κ3) is 3.40. The summed E-state index contributed by atoms with van der Waals surface area (Å²) in [5, 5.41) is 9.61. The van der Waals surface area contributed by atoms with Crippen LogP contribution in [0.1, 0.15) is 5.56 Å². The van der Waals surface area contributed by atoms with Gasteiger partial charge in [-0.1, -0.05) is 35.3 Å². The van der Waals surface area contributed by atoms with Gasteiger partial charge in [-0.25, -0.2) is 0 Å². The number of hydrogen-bond acceptors (Lipinski definition) is 2. The second-order valence-corrected chi connectivity index (χ2v) is 4.45.